The van der Waals surface area contributed by atoms with Gasteiger partial charge in [-0.15, -0.1) is 0 Å². The standard InChI is InChI=1S/C50H74O9/c1-27-16-21-50(54-26-27)32(6)42-39(59-50)24-38-36-15-14-34-23-35(17-19-48(34,7)37(36)18-20-49(38,42)8)55-47-45(31(5)43(52)41(25-51)57-47)56-40-22-28(2)29(3)30(4)44(40)58-46(53)33-12-10-9-11-13-33/h9-14,27-32,35-45,47,51-52H,15-26H2,1-8H3/t27-,28?,29+,30+,31+,32+,35+,36-,37+,38+,39+,40-,41?,42+,43+,44?,45?,47-,48+,49+,50-/m1/s1. The molecule has 4 unspecified atom stereocenters. The zero-order chi connectivity index (χ0) is 41.6. The molecule has 9 rings (SSSR count). The summed E-state index contributed by atoms with van der Waals surface area (Å²) in [6.45, 7) is 19.0. The van der Waals surface area contributed by atoms with Crippen LogP contribution in [0.1, 0.15) is 130 Å². The summed E-state index contributed by atoms with van der Waals surface area (Å²) in [6.07, 6.45) is 9.47. The van der Waals surface area contributed by atoms with Crippen LogP contribution in [0.2, 0.25) is 0 Å². The molecule has 0 aromatic heterocycles. The van der Waals surface area contributed by atoms with Crippen LogP contribution in [0.25, 0.3) is 0 Å². The second-order valence-electron chi connectivity index (χ2n) is 21.7. The molecule has 2 N–H and O–H groups in total. The van der Waals surface area contributed by atoms with E-state index in [4.69, 9.17) is 28.4 Å². The zero-order valence-electron chi connectivity index (χ0n) is 37.1. The molecule has 1 spiro atoms. The fourth-order valence-corrected chi connectivity index (χ4v) is 14.7. The molecule has 21 atom stereocenters. The number of fused-ring (bicyclic) bond motifs is 7. The normalized spacial score (nSPS) is 51.9. The predicted octanol–water partition coefficient (Wildman–Crippen LogP) is 8.74. The molecule has 0 bridgehead atoms. The first-order valence-electron chi connectivity index (χ1n) is 23.7. The average Bonchev–Trinajstić information content (AvgIpc) is 3.68. The van der Waals surface area contributed by atoms with Gasteiger partial charge in [0, 0.05) is 18.3 Å². The van der Waals surface area contributed by atoms with Crippen molar-refractivity contribution in [3.8, 4) is 0 Å². The second-order valence-corrected chi connectivity index (χ2v) is 21.7. The van der Waals surface area contributed by atoms with Crippen LogP contribution in [0.15, 0.2) is 42.0 Å². The summed E-state index contributed by atoms with van der Waals surface area (Å²) < 4.78 is 40.4. The van der Waals surface area contributed by atoms with Crippen molar-refractivity contribution in [2.24, 2.45) is 70.0 Å². The smallest absolute Gasteiger partial charge is 0.338 e. The first-order valence-corrected chi connectivity index (χ1v) is 23.7. The Kier molecular flexibility index (Phi) is 11.5. The van der Waals surface area contributed by atoms with E-state index in [0.717, 1.165) is 38.7 Å². The molecule has 3 saturated heterocycles. The molecule has 3 aliphatic heterocycles. The van der Waals surface area contributed by atoms with Crippen LogP contribution in [0.5, 0.6) is 0 Å². The lowest BCUT2D eigenvalue weighted by Crippen LogP contribution is -2.59. The van der Waals surface area contributed by atoms with Crippen LogP contribution >= 0.6 is 0 Å². The molecule has 1 aromatic carbocycles. The summed E-state index contributed by atoms with van der Waals surface area (Å²) in [5.74, 6) is 3.23. The van der Waals surface area contributed by atoms with Crippen LogP contribution in [-0.4, -0.2) is 84.2 Å². The van der Waals surface area contributed by atoms with E-state index < -0.39 is 36.8 Å². The Balaban J connectivity index is 0.903. The largest absolute Gasteiger partial charge is 0.456 e. The molecule has 0 amide bonds. The van der Waals surface area contributed by atoms with Crippen molar-refractivity contribution in [1.82, 2.24) is 0 Å². The summed E-state index contributed by atoms with van der Waals surface area (Å²) in [5.41, 5.74) is 2.47. The number of ether oxygens (including phenoxy) is 6. The van der Waals surface area contributed by atoms with Crippen molar-refractivity contribution in [3.05, 3.63) is 47.5 Å². The van der Waals surface area contributed by atoms with Gasteiger partial charge in [-0.1, -0.05) is 85.2 Å². The van der Waals surface area contributed by atoms with Crippen LogP contribution in [0.3, 0.4) is 0 Å². The third-order valence-corrected chi connectivity index (χ3v) is 18.6. The molecule has 3 heterocycles. The highest BCUT2D eigenvalue weighted by Crippen LogP contribution is 2.70. The van der Waals surface area contributed by atoms with Crippen LogP contribution in [0.4, 0.5) is 0 Å². The lowest BCUT2D eigenvalue weighted by molar-refractivity contribution is -0.322. The van der Waals surface area contributed by atoms with Gasteiger partial charge in [0.1, 0.15) is 18.3 Å². The maximum atomic E-state index is 13.4. The Morgan fingerprint density at radius 3 is 2.39 bits per heavy atom. The number of allylic oxidation sites excluding steroid dienone is 1. The average molecular weight is 819 g/mol. The summed E-state index contributed by atoms with van der Waals surface area (Å²) in [5, 5.41) is 21.7. The lowest BCUT2D eigenvalue weighted by atomic mass is 9.47. The molecule has 1 aromatic rings. The number of rotatable bonds is 7. The minimum absolute atomic E-state index is 0.0627. The van der Waals surface area contributed by atoms with E-state index >= 15 is 0 Å². The Hall–Kier alpha value is -1.85. The summed E-state index contributed by atoms with van der Waals surface area (Å²) >= 11 is 0. The molecule has 59 heavy (non-hydrogen) atoms. The maximum absolute atomic E-state index is 13.4. The van der Waals surface area contributed by atoms with Crippen molar-refractivity contribution in [1.29, 1.82) is 0 Å². The monoisotopic (exact) mass is 819 g/mol. The van der Waals surface area contributed by atoms with Gasteiger partial charge in [0.15, 0.2) is 12.1 Å². The highest BCUT2D eigenvalue weighted by atomic mass is 16.7. The molecule has 9 nitrogen and oxygen atoms in total. The zero-order valence-corrected chi connectivity index (χ0v) is 37.1. The molecule has 0 radical (unpaired) electrons. The van der Waals surface area contributed by atoms with Gasteiger partial charge in [-0.25, -0.2) is 4.79 Å². The van der Waals surface area contributed by atoms with E-state index in [1.165, 1.54) is 31.3 Å². The minimum atomic E-state index is -0.926. The molecule has 7 fully saturated rings. The second kappa shape index (κ2) is 16.1. The number of carbonyl (C=O) groups excluding carboxylic acids is 1. The molecule has 4 saturated carbocycles. The van der Waals surface area contributed by atoms with E-state index in [2.05, 4.69) is 54.5 Å². The van der Waals surface area contributed by atoms with Gasteiger partial charge in [0.25, 0.3) is 0 Å². The van der Waals surface area contributed by atoms with Gasteiger partial charge in [-0.05, 0) is 128 Å². The molecular formula is C50H74O9. The van der Waals surface area contributed by atoms with Gasteiger partial charge in [0.05, 0.1) is 43.2 Å². The number of aliphatic hydroxyl groups excluding tert-OH is 2. The summed E-state index contributed by atoms with van der Waals surface area (Å²) in [6, 6.07) is 9.14. The third-order valence-electron chi connectivity index (χ3n) is 18.6. The molecular weight excluding hydrogens is 745 g/mol. The Morgan fingerprint density at radius 1 is 0.881 bits per heavy atom. The fourth-order valence-electron chi connectivity index (χ4n) is 14.7. The summed E-state index contributed by atoms with van der Waals surface area (Å²) in [7, 11) is 0. The predicted molar refractivity (Wildman–Crippen MR) is 224 cm³/mol. The first-order chi connectivity index (χ1) is 28.2. The summed E-state index contributed by atoms with van der Waals surface area (Å²) in [4.78, 5) is 13.4. The lowest BCUT2D eigenvalue weighted by Gasteiger charge is -2.59. The van der Waals surface area contributed by atoms with Crippen molar-refractivity contribution in [2.45, 2.75) is 174 Å². The number of esters is 1. The number of benzene rings is 1. The van der Waals surface area contributed by atoms with E-state index in [1.807, 2.05) is 25.1 Å². The number of aliphatic hydroxyl groups is 2. The van der Waals surface area contributed by atoms with Crippen LogP contribution in [-0.2, 0) is 28.4 Å². The van der Waals surface area contributed by atoms with E-state index in [1.54, 1.807) is 12.1 Å². The minimum Gasteiger partial charge on any atom is -0.456 e. The topological polar surface area (TPSA) is 113 Å². The number of hydrogen-bond donors (Lipinski definition) is 2. The first kappa shape index (κ1) is 42.5. The van der Waals surface area contributed by atoms with Gasteiger partial charge in [0.2, 0.25) is 0 Å². The Morgan fingerprint density at radius 2 is 1.66 bits per heavy atom. The van der Waals surface area contributed by atoms with Crippen LogP contribution < -0.4 is 0 Å². The van der Waals surface area contributed by atoms with Crippen molar-refractivity contribution in [2.75, 3.05) is 13.2 Å². The fraction of sp³-hybridized carbons (Fsp3) is 0.820. The quantitative estimate of drug-likeness (QED) is 0.206. The van der Waals surface area contributed by atoms with Gasteiger partial charge < -0.3 is 38.6 Å². The van der Waals surface area contributed by atoms with E-state index in [-0.39, 0.29) is 47.1 Å². The molecule has 328 valence electrons. The Bertz CT molecular complexity index is 1690. The molecule has 9 heteroatoms. The Labute approximate surface area is 353 Å². The highest BCUT2D eigenvalue weighted by molar-refractivity contribution is 5.89. The van der Waals surface area contributed by atoms with Gasteiger partial charge >= 0.3 is 5.97 Å². The van der Waals surface area contributed by atoms with Crippen LogP contribution in [0, 0.1) is 70.0 Å². The van der Waals surface area contributed by atoms with Gasteiger partial charge in [-0.3, -0.25) is 0 Å². The van der Waals surface area contributed by atoms with Gasteiger partial charge in [-0.2, -0.15) is 0 Å². The van der Waals surface area contributed by atoms with Crippen molar-refractivity contribution >= 4 is 5.97 Å². The SMILES string of the molecule is CC1C[C@@H](OC2[C@H](O[C@H]3CC[C@@]4(C)C(=CC[C@H]5[C@@H]6C[C@@H]7O[C@]8(CC[C@@H](C)CO8)[C@@H](C)[C@@H]7[C@@]6(C)CC[C@@H]54)C3)OC(CO)[C@@H](O)[C@@H]2C)C(OC(=O)c2ccccc2)[C@@H](C)[C@H]1C. The maximum Gasteiger partial charge on any atom is 0.338 e. The van der Waals surface area contributed by atoms with Crippen molar-refractivity contribution in [3.63, 3.8) is 0 Å². The highest BCUT2D eigenvalue weighted by Gasteiger charge is 2.69. The molecule has 8 aliphatic rings. The molecule has 5 aliphatic carbocycles. The third kappa shape index (κ3) is 7.11. The van der Waals surface area contributed by atoms with E-state index in [9.17, 15) is 15.0 Å². The number of hydrogen-bond acceptors (Lipinski definition) is 9. The van der Waals surface area contributed by atoms with Crippen molar-refractivity contribution < 1.29 is 43.4 Å². The van der Waals surface area contributed by atoms with E-state index in [0.29, 0.717) is 65.4 Å². The number of carbonyl (C=O) groups is 1.